The number of carbonyl (C=O) groups excluding carboxylic acids is 1. The van der Waals surface area contributed by atoms with E-state index in [9.17, 15) is 13.2 Å². The molecule has 2 aliphatic rings. The first-order chi connectivity index (χ1) is 12.9. The summed E-state index contributed by atoms with van der Waals surface area (Å²) in [6.45, 7) is 2.65. The number of thiazole rings is 1. The third kappa shape index (κ3) is 3.79. The highest BCUT2D eigenvalue weighted by molar-refractivity contribution is 7.89. The zero-order valence-electron chi connectivity index (χ0n) is 15.3. The average Bonchev–Trinajstić information content (AvgIpc) is 3.30. The fourth-order valence-corrected chi connectivity index (χ4v) is 6.20. The molecule has 1 aromatic carbocycles. The molecule has 1 N–H and O–H groups in total. The summed E-state index contributed by atoms with van der Waals surface area (Å²) in [4.78, 5) is 18.1. The van der Waals surface area contributed by atoms with Crippen molar-refractivity contribution in [3.05, 3.63) is 40.4 Å². The molecule has 0 atom stereocenters. The van der Waals surface area contributed by atoms with Gasteiger partial charge >= 0.3 is 0 Å². The van der Waals surface area contributed by atoms with Crippen LogP contribution in [0.25, 0.3) is 0 Å². The third-order valence-corrected chi connectivity index (χ3v) is 8.17. The fraction of sp³-hybridized carbons (Fsp3) is 0.474. The van der Waals surface area contributed by atoms with Crippen LogP contribution < -0.4 is 5.32 Å². The lowest BCUT2D eigenvalue weighted by Gasteiger charge is -2.25. The molecule has 6 nitrogen and oxygen atoms in total. The molecule has 0 unspecified atom stereocenters. The molecule has 1 amide bonds. The number of anilines is 1. The Hall–Kier alpha value is -1.77. The van der Waals surface area contributed by atoms with E-state index >= 15 is 0 Å². The molecule has 2 aromatic rings. The van der Waals surface area contributed by atoms with E-state index in [1.54, 1.807) is 12.1 Å². The van der Waals surface area contributed by atoms with Crippen LogP contribution in [0.2, 0.25) is 0 Å². The minimum atomic E-state index is -3.52. The van der Waals surface area contributed by atoms with Gasteiger partial charge in [0.05, 0.1) is 17.1 Å². The summed E-state index contributed by atoms with van der Waals surface area (Å²) in [5.74, 6) is 0.132. The Bertz CT molecular complexity index is 945. The molecule has 144 valence electrons. The predicted octanol–water partition coefficient (Wildman–Crippen LogP) is 3.33. The van der Waals surface area contributed by atoms with E-state index in [1.807, 2.05) is 19.1 Å². The molecular weight excluding hydrogens is 382 g/mol. The van der Waals surface area contributed by atoms with Crippen LogP contribution in [0.5, 0.6) is 0 Å². The second-order valence-corrected chi connectivity index (χ2v) is 10.3. The molecular formula is C19H23N3O3S2. The van der Waals surface area contributed by atoms with Gasteiger partial charge in [0.15, 0.2) is 5.13 Å². The predicted molar refractivity (Wildman–Crippen MR) is 105 cm³/mol. The number of rotatable bonds is 4. The summed E-state index contributed by atoms with van der Waals surface area (Å²) in [5, 5.41) is 3.52. The van der Waals surface area contributed by atoms with Gasteiger partial charge in [-0.2, -0.15) is 4.31 Å². The van der Waals surface area contributed by atoms with Gasteiger partial charge in [0.1, 0.15) is 0 Å². The van der Waals surface area contributed by atoms with Gasteiger partial charge in [-0.15, -0.1) is 11.3 Å². The van der Waals surface area contributed by atoms with Gasteiger partial charge in [0, 0.05) is 23.8 Å². The van der Waals surface area contributed by atoms with E-state index in [2.05, 4.69) is 10.3 Å². The summed E-state index contributed by atoms with van der Waals surface area (Å²) in [6, 6.07) is 6.93. The molecule has 0 spiro atoms. The average molecular weight is 406 g/mol. The lowest BCUT2D eigenvalue weighted by atomic mass is 10.1. The van der Waals surface area contributed by atoms with E-state index in [0.29, 0.717) is 29.5 Å². The quantitative estimate of drug-likeness (QED) is 0.846. The number of hydrogen-bond acceptors (Lipinski definition) is 5. The lowest BCUT2D eigenvalue weighted by Crippen LogP contribution is -2.35. The maximum atomic E-state index is 12.9. The molecule has 2 heterocycles. The first-order valence-electron chi connectivity index (χ1n) is 9.30. The Balaban J connectivity index is 1.49. The van der Waals surface area contributed by atoms with E-state index in [1.165, 1.54) is 15.6 Å². The van der Waals surface area contributed by atoms with E-state index < -0.39 is 10.0 Å². The van der Waals surface area contributed by atoms with Crippen molar-refractivity contribution < 1.29 is 13.2 Å². The number of nitrogens with one attached hydrogen (secondary N) is 1. The first-order valence-corrected chi connectivity index (χ1v) is 11.6. The molecule has 1 saturated carbocycles. The van der Waals surface area contributed by atoms with Gasteiger partial charge in [-0.25, -0.2) is 13.4 Å². The van der Waals surface area contributed by atoms with Gasteiger partial charge in [-0.05, 0) is 31.9 Å². The topological polar surface area (TPSA) is 79.4 Å². The third-order valence-electron chi connectivity index (χ3n) is 5.31. The van der Waals surface area contributed by atoms with Crippen LogP contribution in [0.1, 0.15) is 41.8 Å². The Morgan fingerprint density at radius 1 is 1.22 bits per heavy atom. The van der Waals surface area contributed by atoms with Crippen molar-refractivity contribution in [1.82, 2.24) is 9.29 Å². The second kappa shape index (κ2) is 7.33. The van der Waals surface area contributed by atoms with Crippen molar-refractivity contribution in [3.63, 3.8) is 0 Å². The molecule has 8 heteroatoms. The van der Waals surface area contributed by atoms with Crippen molar-refractivity contribution in [1.29, 1.82) is 0 Å². The molecule has 1 aromatic heterocycles. The highest BCUT2D eigenvalue weighted by atomic mass is 32.2. The summed E-state index contributed by atoms with van der Waals surface area (Å²) in [5.41, 5.74) is 1.93. The maximum Gasteiger partial charge on any atom is 0.243 e. The van der Waals surface area contributed by atoms with Gasteiger partial charge in [0.25, 0.3) is 0 Å². The Morgan fingerprint density at radius 2 is 1.93 bits per heavy atom. The van der Waals surface area contributed by atoms with Crippen LogP contribution in [-0.4, -0.2) is 30.2 Å². The molecule has 1 fully saturated rings. The first kappa shape index (κ1) is 18.6. The van der Waals surface area contributed by atoms with E-state index in [0.717, 1.165) is 41.8 Å². The van der Waals surface area contributed by atoms with E-state index in [-0.39, 0.29) is 11.8 Å². The number of fused-ring (bicyclic) bond motifs is 1. The SMILES string of the molecule is Cc1ccc(S(=O)(=O)N2CCc3nc(NC(=O)C4CCCC4)sc3C2)cc1. The highest BCUT2D eigenvalue weighted by Crippen LogP contribution is 2.32. The number of benzene rings is 1. The number of aryl methyl sites for hydroxylation is 1. The highest BCUT2D eigenvalue weighted by Gasteiger charge is 2.31. The number of hydrogen-bond donors (Lipinski definition) is 1. The minimum Gasteiger partial charge on any atom is -0.302 e. The Labute approximate surface area is 163 Å². The van der Waals surface area contributed by atoms with Gasteiger partial charge in [0.2, 0.25) is 15.9 Å². The summed E-state index contributed by atoms with van der Waals surface area (Å²) in [6.07, 6.45) is 4.67. The molecule has 0 radical (unpaired) electrons. The molecule has 4 rings (SSSR count). The van der Waals surface area contributed by atoms with Gasteiger partial charge in [-0.1, -0.05) is 30.5 Å². The number of carbonyl (C=O) groups is 1. The maximum absolute atomic E-state index is 12.9. The van der Waals surface area contributed by atoms with Gasteiger partial charge < -0.3 is 5.32 Å². The minimum absolute atomic E-state index is 0.0442. The van der Waals surface area contributed by atoms with Crippen LogP contribution in [-0.2, 0) is 27.8 Å². The smallest absolute Gasteiger partial charge is 0.243 e. The molecule has 0 bridgehead atoms. The van der Waals surface area contributed by atoms with Crippen LogP contribution in [0, 0.1) is 12.8 Å². The number of amides is 1. The van der Waals surface area contributed by atoms with Crippen LogP contribution >= 0.6 is 11.3 Å². The van der Waals surface area contributed by atoms with Gasteiger partial charge in [-0.3, -0.25) is 4.79 Å². The second-order valence-electron chi connectivity index (χ2n) is 7.26. The number of nitrogens with zero attached hydrogens (tertiary/aromatic N) is 2. The van der Waals surface area contributed by atoms with Crippen LogP contribution in [0.15, 0.2) is 29.2 Å². The summed E-state index contributed by atoms with van der Waals surface area (Å²) in [7, 11) is -3.52. The molecule has 0 saturated heterocycles. The summed E-state index contributed by atoms with van der Waals surface area (Å²) >= 11 is 1.39. The molecule has 1 aliphatic heterocycles. The van der Waals surface area contributed by atoms with Crippen molar-refractivity contribution in [2.24, 2.45) is 5.92 Å². The zero-order chi connectivity index (χ0) is 19.0. The van der Waals surface area contributed by atoms with Crippen molar-refractivity contribution in [2.75, 3.05) is 11.9 Å². The monoisotopic (exact) mass is 405 g/mol. The zero-order valence-corrected chi connectivity index (χ0v) is 16.9. The van der Waals surface area contributed by atoms with Crippen molar-refractivity contribution in [3.8, 4) is 0 Å². The van der Waals surface area contributed by atoms with Crippen LogP contribution in [0.4, 0.5) is 5.13 Å². The Morgan fingerprint density at radius 3 is 2.63 bits per heavy atom. The normalized spacial score (nSPS) is 18.4. The summed E-state index contributed by atoms with van der Waals surface area (Å²) < 4.78 is 27.3. The van der Waals surface area contributed by atoms with Crippen LogP contribution in [0.3, 0.4) is 0 Å². The number of sulfonamides is 1. The number of aromatic nitrogens is 1. The largest absolute Gasteiger partial charge is 0.302 e. The molecule has 27 heavy (non-hydrogen) atoms. The fourth-order valence-electron chi connectivity index (χ4n) is 3.69. The standard InChI is InChI=1S/C19H23N3O3S2/c1-13-6-8-15(9-7-13)27(24,25)22-11-10-16-17(12-22)26-19(20-16)21-18(23)14-4-2-3-5-14/h6-9,14H,2-5,10-12H2,1H3,(H,20,21,23). The molecule has 1 aliphatic carbocycles. The Kier molecular flexibility index (Phi) is 5.05. The van der Waals surface area contributed by atoms with Crippen molar-refractivity contribution >= 4 is 32.4 Å². The van der Waals surface area contributed by atoms with Crippen molar-refractivity contribution in [2.45, 2.75) is 50.5 Å². The lowest BCUT2D eigenvalue weighted by molar-refractivity contribution is -0.119. The van der Waals surface area contributed by atoms with E-state index in [4.69, 9.17) is 0 Å².